The molecule has 0 bridgehead atoms. The molecule has 2 aromatic heterocycles. The first kappa shape index (κ1) is 15.9. The first-order chi connectivity index (χ1) is 11.4. The van der Waals surface area contributed by atoms with Crippen molar-refractivity contribution < 1.29 is 14.1 Å². The fraction of sp³-hybridized carbons (Fsp3) is 0.125. The summed E-state index contributed by atoms with van der Waals surface area (Å²) in [5.41, 5.74) is 3.98. The molecule has 7 nitrogen and oxygen atoms in total. The maximum atomic E-state index is 12.1. The van der Waals surface area contributed by atoms with E-state index < -0.39 is 16.7 Å². The van der Waals surface area contributed by atoms with Gasteiger partial charge in [-0.25, -0.2) is 4.98 Å². The summed E-state index contributed by atoms with van der Waals surface area (Å²) < 4.78 is 4.87. The van der Waals surface area contributed by atoms with Gasteiger partial charge in [0.15, 0.2) is 10.9 Å². The number of furan rings is 1. The molecule has 0 aliphatic carbocycles. The van der Waals surface area contributed by atoms with Gasteiger partial charge in [0.05, 0.1) is 11.8 Å². The van der Waals surface area contributed by atoms with Gasteiger partial charge in [0.1, 0.15) is 4.92 Å². The van der Waals surface area contributed by atoms with Crippen LogP contribution in [-0.4, -0.2) is 15.8 Å². The van der Waals surface area contributed by atoms with Crippen molar-refractivity contribution in [1.82, 2.24) is 4.98 Å². The fourth-order valence-electron chi connectivity index (χ4n) is 2.17. The Hall–Kier alpha value is -3.00. The molecule has 3 aromatic rings. The number of carbonyl (C=O) groups excluding carboxylic acids is 1. The molecule has 0 unspecified atom stereocenters. The van der Waals surface area contributed by atoms with Crippen molar-refractivity contribution in [2.75, 3.05) is 5.32 Å². The lowest BCUT2D eigenvalue weighted by molar-refractivity contribution is -0.402. The second-order valence-corrected chi connectivity index (χ2v) is 6.06. The van der Waals surface area contributed by atoms with E-state index >= 15 is 0 Å². The number of nitrogens with one attached hydrogen (secondary N) is 1. The third-order valence-corrected chi connectivity index (χ3v) is 4.15. The summed E-state index contributed by atoms with van der Waals surface area (Å²) in [4.78, 5) is 26.3. The SMILES string of the molecule is Cc1ccc(C)c(-c2csc(NC(=O)c3ccc([N+](=O)[O-])o3)n2)c1. The summed E-state index contributed by atoms with van der Waals surface area (Å²) >= 11 is 1.28. The summed E-state index contributed by atoms with van der Waals surface area (Å²) in [5, 5.41) is 15.4. The molecule has 24 heavy (non-hydrogen) atoms. The molecular weight excluding hydrogens is 330 g/mol. The van der Waals surface area contributed by atoms with Crippen LogP contribution in [0.3, 0.4) is 0 Å². The van der Waals surface area contributed by atoms with Crippen LogP contribution in [0.2, 0.25) is 0 Å². The average Bonchev–Trinajstić information content (AvgIpc) is 3.19. The molecule has 0 fully saturated rings. The molecule has 0 aliphatic rings. The highest BCUT2D eigenvalue weighted by Gasteiger charge is 2.18. The number of amides is 1. The Labute approximate surface area is 141 Å². The van der Waals surface area contributed by atoms with Gasteiger partial charge < -0.3 is 4.42 Å². The minimum absolute atomic E-state index is 0.134. The summed E-state index contributed by atoms with van der Waals surface area (Å²) in [7, 11) is 0. The molecule has 1 N–H and O–H groups in total. The van der Waals surface area contributed by atoms with Crippen molar-refractivity contribution in [2.45, 2.75) is 13.8 Å². The van der Waals surface area contributed by atoms with E-state index in [1.54, 1.807) is 0 Å². The van der Waals surface area contributed by atoms with Crippen LogP contribution in [0.25, 0.3) is 11.3 Å². The van der Waals surface area contributed by atoms with Gasteiger partial charge in [0.25, 0.3) is 5.91 Å². The number of carbonyl (C=O) groups is 1. The van der Waals surface area contributed by atoms with E-state index in [0.29, 0.717) is 5.13 Å². The maximum Gasteiger partial charge on any atom is 0.433 e. The standard InChI is InChI=1S/C16H13N3O4S/c1-9-3-4-10(2)11(7-9)12-8-24-16(17-12)18-15(20)13-5-6-14(23-13)19(21)22/h3-8H,1-2H3,(H,17,18,20). The molecule has 1 aromatic carbocycles. The quantitative estimate of drug-likeness (QED) is 0.566. The van der Waals surface area contributed by atoms with E-state index in [1.165, 1.54) is 17.4 Å². The molecule has 8 heteroatoms. The highest BCUT2D eigenvalue weighted by Crippen LogP contribution is 2.28. The lowest BCUT2D eigenvalue weighted by atomic mass is 10.0. The molecule has 122 valence electrons. The predicted molar refractivity (Wildman–Crippen MR) is 90.3 cm³/mol. The third kappa shape index (κ3) is 3.18. The highest BCUT2D eigenvalue weighted by molar-refractivity contribution is 7.14. The lowest BCUT2D eigenvalue weighted by Crippen LogP contribution is -2.10. The van der Waals surface area contributed by atoms with E-state index in [0.717, 1.165) is 28.5 Å². The number of aromatic nitrogens is 1. The highest BCUT2D eigenvalue weighted by atomic mass is 32.1. The maximum absolute atomic E-state index is 12.1. The van der Waals surface area contributed by atoms with Crippen molar-refractivity contribution in [3.8, 4) is 11.3 Å². The second kappa shape index (κ2) is 6.25. The molecule has 0 saturated heterocycles. The van der Waals surface area contributed by atoms with Gasteiger partial charge in [0.2, 0.25) is 0 Å². The summed E-state index contributed by atoms with van der Waals surface area (Å²) in [6.45, 7) is 4.00. The van der Waals surface area contributed by atoms with Crippen LogP contribution in [0.1, 0.15) is 21.7 Å². The first-order valence-corrected chi connectivity index (χ1v) is 7.91. The Morgan fingerprint density at radius 3 is 2.79 bits per heavy atom. The van der Waals surface area contributed by atoms with Crippen LogP contribution in [0.4, 0.5) is 11.0 Å². The van der Waals surface area contributed by atoms with Crippen molar-refractivity contribution in [2.24, 2.45) is 0 Å². The van der Waals surface area contributed by atoms with Crippen LogP contribution in [-0.2, 0) is 0 Å². The number of hydrogen-bond donors (Lipinski definition) is 1. The number of rotatable bonds is 4. The van der Waals surface area contributed by atoms with E-state index in [-0.39, 0.29) is 5.76 Å². The van der Waals surface area contributed by atoms with Crippen molar-refractivity contribution >= 4 is 28.3 Å². The molecule has 0 radical (unpaired) electrons. The summed E-state index contributed by atoms with van der Waals surface area (Å²) in [5.74, 6) is -1.19. The normalized spacial score (nSPS) is 10.6. The Bertz CT molecular complexity index is 929. The van der Waals surface area contributed by atoms with E-state index in [2.05, 4.69) is 10.3 Å². The topological polar surface area (TPSA) is 98.3 Å². The Kier molecular flexibility index (Phi) is 4.13. The molecule has 3 rings (SSSR count). The van der Waals surface area contributed by atoms with Crippen LogP contribution >= 0.6 is 11.3 Å². The van der Waals surface area contributed by atoms with Crippen LogP contribution in [0.5, 0.6) is 0 Å². The van der Waals surface area contributed by atoms with E-state index in [9.17, 15) is 14.9 Å². The van der Waals surface area contributed by atoms with Gasteiger partial charge in [-0.3, -0.25) is 20.2 Å². The number of thiazole rings is 1. The van der Waals surface area contributed by atoms with E-state index in [1.807, 2.05) is 37.4 Å². The number of nitro groups is 1. The smallest absolute Gasteiger partial charge is 0.395 e. The average molecular weight is 343 g/mol. The van der Waals surface area contributed by atoms with Crippen LogP contribution in [0, 0.1) is 24.0 Å². The molecule has 1 amide bonds. The summed E-state index contributed by atoms with van der Waals surface area (Å²) in [6.07, 6.45) is 0. The number of aryl methyl sites for hydroxylation is 2. The number of benzene rings is 1. The molecular formula is C16H13N3O4S. The molecule has 2 heterocycles. The van der Waals surface area contributed by atoms with Crippen LogP contribution < -0.4 is 5.32 Å². The van der Waals surface area contributed by atoms with Gasteiger partial charge in [-0.05, 0) is 31.5 Å². The Morgan fingerprint density at radius 1 is 1.29 bits per heavy atom. The van der Waals surface area contributed by atoms with Crippen molar-refractivity contribution in [1.29, 1.82) is 0 Å². The number of anilines is 1. The monoisotopic (exact) mass is 343 g/mol. The van der Waals surface area contributed by atoms with Gasteiger partial charge in [-0.2, -0.15) is 0 Å². The molecule has 0 aliphatic heterocycles. The largest absolute Gasteiger partial charge is 0.433 e. The zero-order chi connectivity index (χ0) is 17.3. The van der Waals surface area contributed by atoms with Gasteiger partial charge in [-0.1, -0.05) is 17.7 Å². The molecule has 0 saturated carbocycles. The zero-order valence-corrected chi connectivity index (χ0v) is 13.7. The van der Waals surface area contributed by atoms with Crippen molar-refractivity contribution in [3.63, 3.8) is 0 Å². The zero-order valence-electron chi connectivity index (χ0n) is 12.9. The van der Waals surface area contributed by atoms with Gasteiger partial charge >= 0.3 is 5.88 Å². The Morgan fingerprint density at radius 2 is 2.08 bits per heavy atom. The molecule has 0 atom stereocenters. The van der Waals surface area contributed by atoms with Crippen molar-refractivity contribution in [3.05, 3.63) is 62.7 Å². The lowest BCUT2D eigenvalue weighted by Gasteiger charge is -2.03. The fourth-order valence-corrected chi connectivity index (χ4v) is 2.88. The van der Waals surface area contributed by atoms with E-state index in [4.69, 9.17) is 4.42 Å². The van der Waals surface area contributed by atoms with Gasteiger partial charge in [-0.15, -0.1) is 11.3 Å². The summed E-state index contributed by atoms with van der Waals surface area (Å²) in [6, 6.07) is 8.47. The predicted octanol–water partition coefficient (Wildman–Crippen LogP) is 4.18. The van der Waals surface area contributed by atoms with Gasteiger partial charge in [0, 0.05) is 10.9 Å². The number of nitrogens with zero attached hydrogens (tertiary/aromatic N) is 2. The Balaban J connectivity index is 1.79. The molecule has 0 spiro atoms. The second-order valence-electron chi connectivity index (χ2n) is 5.21. The minimum atomic E-state index is -0.696. The van der Waals surface area contributed by atoms with Crippen LogP contribution in [0.15, 0.2) is 40.1 Å². The minimum Gasteiger partial charge on any atom is -0.395 e. The third-order valence-electron chi connectivity index (χ3n) is 3.39. The number of hydrogen-bond acceptors (Lipinski definition) is 6. The first-order valence-electron chi connectivity index (χ1n) is 7.03.